The van der Waals surface area contributed by atoms with Crippen LogP contribution in [-0.4, -0.2) is 49.3 Å². The van der Waals surface area contributed by atoms with Gasteiger partial charge in [0.1, 0.15) is 0 Å². The van der Waals surface area contributed by atoms with Crippen LogP contribution < -0.4 is 5.32 Å². The summed E-state index contributed by atoms with van der Waals surface area (Å²) in [6, 6.07) is 1.22. The average Bonchev–Trinajstić information content (AvgIpc) is 2.83. The quantitative estimate of drug-likeness (QED) is 0.848. The first kappa shape index (κ1) is 15.3. The molecule has 19 heavy (non-hydrogen) atoms. The van der Waals surface area contributed by atoms with Crippen LogP contribution in [0.2, 0.25) is 0 Å². The maximum atomic E-state index is 6.01. The molecule has 2 aliphatic rings. The van der Waals surface area contributed by atoms with Gasteiger partial charge in [-0.2, -0.15) is 0 Å². The number of ether oxygens (including phenoxy) is 1. The number of hydrogen-bond acceptors (Lipinski definition) is 3. The highest BCUT2D eigenvalue weighted by molar-refractivity contribution is 4.90. The first-order valence-corrected chi connectivity index (χ1v) is 8.06. The van der Waals surface area contributed by atoms with Crippen molar-refractivity contribution < 1.29 is 4.74 Å². The van der Waals surface area contributed by atoms with Gasteiger partial charge < -0.3 is 10.1 Å². The SMILES string of the molecule is CC1CNC(C(C)(C)C)CN1CCOC1CCCC1. The summed E-state index contributed by atoms with van der Waals surface area (Å²) in [6.45, 7) is 13.6. The van der Waals surface area contributed by atoms with E-state index in [1.807, 2.05) is 0 Å². The number of nitrogens with one attached hydrogen (secondary N) is 1. The maximum Gasteiger partial charge on any atom is 0.0597 e. The van der Waals surface area contributed by atoms with Crippen molar-refractivity contribution in [2.24, 2.45) is 5.41 Å². The van der Waals surface area contributed by atoms with Gasteiger partial charge in [-0.05, 0) is 25.2 Å². The van der Waals surface area contributed by atoms with Crippen LogP contribution in [0.5, 0.6) is 0 Å². The van der Waals surface area contributed by atoms with Gasteiger partial charge in [0.05, 0.1) is 12.7 Å². The lowest BCUT2D eigenvalue weighted by molar-refractivity contribution is 0.0183. The Bertz CT molecular complexity index is 268. The van der Waals surface area contributed by atoms with Crippen LogP contribution in [0.3, 0.4) is 0 Å². The minimum atomic E-state index is 0.338. The molecule has 2 atom stereocenters. The lowest BCUT2D eigenvalue weighted by Gasteiger charge is -2.44. The molecular weight excluding hydrogens is 236 g/mol. The second kappa shape index (κ2) is 6.55. The lowest BCUT2D eigenvalue weighted by Crippen LogP contribution is -2.59. The van der Waals surface area contributed by atoms with Crippen LogP contribution >= 0.6 is 0 Å². The van der Waals surface area contributed by atoms with Gasteiger partial charge >= 0.3 is 0 Å². The molecule has 112 valence electrons. The van der Waals surface area contributed by atoms with Gasteiger partial charge in [-0.25, -0.2) is 0 Å². The predicted octanol–water partition coefficient (Wildman–Crippen LogP) is 2.65. The van der Waals surface area contributed by atoms with Crippen LogP contribution in [0, 0.1) is 5.41 Å². The summed E-state index contributed by atoms with van der Waals surface area (Å²) < 4.78 is 6.01. The summed E-state index contributed by atoms with van der Waals surface area (Å²) in [5.74, 6) is 0. The Morgan fingerprint density at radius 2 is 1.89 bits per heavy atom. The normalized spacial score (nSPS) is 30.9. The van der Waals surface area contributed by atoms with Gasteiger partial charge in [-0.15, -0.1) is 0 Å². The fourth-order valence-electron chi connectivity index (χ4n) is 3.20. The first-order valence-electron chi connectivity index (χ1n) is 8.06. The molecule has 0 aromatic heterocycles. The number of nitrogens with zero attached hydrogens (tertiary/aromatic N) is 1. The second-order valence-electron chi connectivity index (χ2n) is 7.45. The summed E-state index contributed by atoms with van der Waals surface area (Å²) in [5.41, 5.74) is 0.338. The highest BCUT2D eigenvalue weighted by atomic mass is 16.5. The molecule has 0 aromatic carbocycles. The van der Waals surface area contributed by atoms with Crippen LogP contribution in [0.4, 0.5) is 0 Å². The third-order valence-corrected chi connectivity index (χ3v) is 4.78. The largest absolute Gasteiger partial charge is 0.377 e. The highest BCUT2D eigenvalue weighted by Crippen LogP contribution is 2.24. The van der Waals surface area contributed by atoms with Crippen LogP contribution in [0.25, 0.3) is 0 Å². The van der Waals surface area contributed by atoms with E-state index in [1.165, 1.54) is 25.7 Å². The zero-order valence-electron chi connectivity index (χ0n) is 13.2. The summed E-state index contributed by atoms with van der Waals surface area (Å²) in [7, 11) is 0. The smallest absolute Gasteiger partial charge is 0.0597 e. The Morgan fingerprint density at radius 1 is 1.21 bits per heavy atom. The van der Waals surface area contributed by atoms with Crippen LogP contribution in [0.1, 0.15) is 53.4 Å². The minimum Gasteiger partial charge on any atom is -0.377 e. The maximum absolute atomic E-state index is 6.01. The van der Waals surface area contributed by atoms with E-state index in [4.69, 9.17) is 4.74 Å². The molecule has 1 saturated heterocycles. The molecule has 1 aliphatic heterocycles. The fourth-order valence-corrected chi connectivity index (χ4v) is 3.20. The summed E-state index contributed by atoms with van der Waals surface area (Å²) in [6.07, 6.45) is 5.84. The Balaban J connectivity index is 1.74. The Kier molecular flexibility index (Phi) is 5.27. The molecule has 0 aromatic rings. The summed E-state index contributed by atoms with van der Waals surface area (Å²) in [5, 5.41) is 3.69. The number of piperazine rings is 1. The Labute approximate surface area is 119 Å². The van der Waals surface area contributed by atoms with Crippen molar-refractivity contribution >= 4 is 0 Å². The van der Waals surface area contributed by atoms with Crippen LogP contribution in [-0.2, 0) is 4.74 Å². The van der Waals surface area contributed by atoms with Crippen molar-refractivity contribution in [2.45, 2.75) is 71.6 Å². The van der Waals surface area contributed by atoms with Crippen molar-refractivity contribution in [2.75, 3.05) is 26.2 Å². The predicted molar refractivity (Wildman–Crippen MR) is 80.5 cm³/mol. The fraction of sp³-hybridized carbons (Fsp3) is 1.00. The number of hydrogen-bond donors (Lipinski definition) is 1. The van der Waals surface area contributed by atoms with Gasteiger partial charge in [0, 0.05) is 31.7 Å². The zero-order valence-corrected chi connectivity index (χ0v) is 13.2. The van der Waals surface area contributed by atoms with Crippen molar-refractivity contribution in [3.05, 3.63) is 0 Å². The molecule has 1 N–H and O–H groups in total. The topological polar surface area (TPSA) is 24.5 Å². The molecule has 1 aliphatic carbocycles. The molecule has 1 saturated carbocycles. The third-order valence-electron chi connectivity index (χ3n) is 4.78. The molecule has 2 rings (SSSR count). The van der Waals surface area contributed by atoms with E-state index in [-0.39, 0.29) is 0 Å². The molecule has 3 nitrogen and oxygen atoms in total. The van der Waals surface area contributed by atoms with Gasteiger partial charge in [0.2, 0.25) is 0 Å². The van der Waals surface area contributed by atoms with Gasteiger partial charge in [-0.1, -0.05) is 33.6 Å². The molecule has 0 radical (unpaired) electrons. The van der Waals surface area contributed by atoms with E-state index in [9.17, 15) is 0 Å². The van der Waals surface area contributed by atoms with E-state index in [2.05, 4.69) is 37.9 Å². The molecule has 2 fully saturated rings. The van der Waals surface area contributed by atoms with Gasteiger partial charge in [0.15, 0.2) is 0 Å². The summed E-state index contributed by atoms with van der Waals surface area (Å²) >= 11 is 0. The molecule has 1 heterocycles. The third kappa shape index (κ3) is 4.44. The van der Waals surface area contributed by atoms with E-state index in [1.54, 1.807) is 0 Å². The monoisotopic (exact) mass is 268 g/mol. The molecule has 0 amide bonds. The zero-order chi connectivity index (χ0) is 13.9. The second-order valence-corrected chi connectivity index (χ2v) is 7.45. The van der Waals surface area contributed by atoms with Crippen molar-refractivity contribution in [1.29, 1.82) is 0 Å². The molecule has 0 spiro atoms. The van der Waals surface area contributed by atoms with Gasteiger partial charge in [-0.3, -0.25) is 4.90 Å². The molecule has 2 unspecified atom stereocenters. The Morgan fingerprint density at radius 3 is 2.53 bits per heavy atom. The first-order chi connectivity index (χ1) is 8.97. The highest BCUT2D eigenvalue weighted by Gasteiger charge is 2.32. The summed E-state index contributed by atoms with van der Waals surface area (Å²) in [4.78, 5) is 2.60. The number of rotatable bonds is 4. The van der Waals surface area contributed by atoms with E-state index in [0.29, 0.717) is 23.6 Å². The molecule has 0 bridgehead atoms. The molecular formula is C16H32N2O. The van der Waals surface area contributed by atoms with Crippen molar-refractivity contribution in [3.63, 3.8) is 0 Å². The van der Waals surface area contributed by atoms with Crippen molar-refractivity contribution in [3.8, 4) is 0 Å². The van der Waals surface area contributed by atoms with Gasteiger partial charge in [0.25, 0.3) is 0 Å². The molecule has 3 heteroatoms. The van der Waals surface area contributed by atoms with Crippen molar-refractivity contribution in [1.82, 2.24) is 10.2 Å². The van der Waals surface area contributed by atoms with Crippen LogP contribution in [0.15, 0.2) is 0 Å². The van der Waals surface area contributed by atoms with E-state index in [0.717, 1.165) is 26.2 Å². The average molecular weight is 268 g/mol. The Hall–Kier alpha value is -0.120. The standard InChI is InChI=1S/C16H32N2O/c1-13-11-17-15(16(2,3)4)12-18(13)9-10-19-14-7-5-6-8-14/h13-15,17H,5-12H2,1-4H3. The minimum absolute atomic E-state index is 0.338. The van der Waals surface area contributed by atoms with E-state index >= 15 is 0 Å². The van der Waals surface area contributed by atoms with E-state index < -0.39 is 0 Å². The lowest BCUT2D eigenvalue weighted by atomic mass is 9.85.